The van der Waals surface area contributed by atoms with E-state index in [-0.39, 0.29) is 17.2 Å². The van der Waals surface area contributed by atoms with E-state index in [9.17, 15) is 14.9 Å². The van der Waals surface area contributed by atoms with Crippen molar-refractivity contribution in [3.8, 4) is 11.5 Å². The first-order chi connectivity index (χ1) is 8.54. The summed E-state index contributed by atoms with van der Waals surface area (Å²) < 4.78 is 10.1. The van der Waals surface area contributed by atoms with Crippen molar-refractivity contribution in [3.05, 3.63) is 28.3 Å². The molecule has 1 N–H and O–H groups in total. The SMILES string of the molecule is CCCOc1cc(OCC(=O)O)ccc1[N+](=O)[O-]. The molecule has 1 rings (SSSR count). The van der Waals surface area contributed by atoms with Gasteiger partial charge in [0.05, 0.1) is 11.5 Å². The lowest BCUT2D eigenvalue weighted by Crippen LogP contribution is -2.09. The van der Waals surface area contributed by atoms with Crippen molar-refractivity contribution in [2.75, 3.05) is 13.2 Å². The first-order valence-corrected chi connectivity index (χ1v) is 5.30. The number of nitro groups is 1. The van der Waals surface area contributed by atoms with Crippen LogP contribution in [0, 0.1) is 10.1 Å². The normalized spacial score (nSPS) is 9.83. The van der Waals surface area contributed by atoms with Gasteiger partial charge in [0.25, 0.3) is 0 Å². The second kappa shape index (κ2) is 6.43. The molecule has 7 heteroatoms. The van der Waals surface area contributed by atoms with Crippen molar-refractivity contribution in [1.29, 1.82) is 0 Å². The Morgan fingerprint density at radius 2 is 2.17 bits per heavy atom. The first kappa shape index (κ1) is 13.8. The molecule has 1 aromatic carbocycles. The summed E-state index contributed by atoms with van der Waals surface area (Å²) in [4.78, 5) is 20.5. The average molecular weight is 255 g/mol. The highest BCUT2D eigenvalue weighted by Crippen LogP contribution is 2.31. The summed E-state index contributed by atoms with van der Waals surface area (Å²) in [6, 6.07) is 3.87. The Hall–Kier alpha value is -2.31. The minimum absolute atomic E-state index is 0.0738. The molecule has 0 aliphatic heterocycles. The second-order valence-corrected chi connectivity index (χ2v) is 3.42. The van der Waals surface area contributed by atoms with Crippen molar-refractivity contribution in [3.63, 3.8) is 0 Å². The number of nitrogens with zero attached hydrogens (tertiary/aromatic N) is 1. The summed E-state index contributed by atoms with van der Waals surface area (Å²) in [5.41, 5.74) is -0.175. The van der Waals surface area contributed by atoms with E-state index in [1.807, 2.05) is 6.92 Å². The number of aliphatic carboxylic acids is 1. The van der Waals surface area contributed by atoms with Crippen LogP contribution in [-0.4, -0.2) is 29.2 Å². The van der Waals surface area contributed by atoms with Crippen LogP contribution in [0.2, 0.25) is 0 Å². The Labute approximate surface area is 103 Å². The number of rotatable bonds is 7. The summed E-state index contributed by atoms with van der Waals surface area (Å²) in [6.07, 6.45) is 0.706. The van der Waals surface area contributed by atoms with E-state index in [1.165, 1.54) is 18.2 Å². The lowest BCUT2D eigenvalue weighted by molar-refractivity contribution is -0.385. The smallest absolute Gasteiger partial charge is 0.341 e. The molecule has 0 aliphatic rings. The highest BCUT2D eigenvalue weighted by atomic mass is 16.6. The number of hydrogen-bond acceptors (Lipinski definition) is 5. The van der Waals surface area contributed by atoms with E-state index >= 15 is 0 Å². The van der Waals surface area contributed by atoms with E-state index in [0.717, 1.165) is 0 Å². The van der Waals surface area contributed by atoms with Crippen LogP contribution < -0.4 is 9.47 Å². The van der Waals surface area contributed by atoms with E-state index < -0.39 is 17.5 Å². The van der Waals surface area contributed by atoms with Gasteiger partial charge in [-0.25, -0.2) is 4.79 Å². The Morgan fingerprint density at radius 1 is 1.44 bits per heavy atom. The third kappa shape index (κ3) is 3.93. The Balaban J connectivity index is 2.89. The predicted molar refractivity (Wildman–Crippen MR) is 62.0 cm³/mol. The molecule has 18 heavy (non-hydrogen) atoms. The lowest BCUT2D eigenvalue weighted by Gasteiger charge is -2.08. The third-order valence-corrected chi connectivity index (χ3v) is 1.95. The molecule has 0 aromatic heterocycles. The summed E-state index contributed by atoms with van der Waals surface area (Å²) in [5, 5.41) is 19.2. The fraction of sp³-hybridized carbons (Fsp3) is 0.364. The lowest BCUT2D eigenvalue weighted by atomic mass is 10.3. The molecule has 0 heterocycles. The molecule has 0 unspecified atom stereocenters. The summed E-state index contributed by atoms with van der Waals surface area (Å²) in [6.45, 7) is 1.70. The standard InChI is InChI=1S/C11H13NO6/c1-2-5-17-10-6-8(18-7-11(13)14)3-4-9(10)12(15)16/h3-4,6H,2,5,7H2,1H3,(H,13,14). The average Bonchev–Trinajstić information content (AvgIpc) is 2.33. The molecular formula is C11H13NO6. The maximum absolute atomic E-state index is 10.8. The van der Waals surface area contributed by atoms with Crippen LogP contribution in [0.4, 0.5) is 5.69 Å². The predicted octanol–water partition coefficient (Wildman–Crippen LogP) is 1.85. The van der Waals surface area contributed by atoms with Gasteiger partial charge in [-0.2, -0.15) is 0 Å². The van der Waals surface area contributed by atoms with Crippen molar-refractivity contribution in [2.24, 2.45) is 0 Å². The van der Waals surface area contributed by atoms with Crippen molar-refractivity contribution >= 4 is 11.7 Å². The largest absolute Gasteiger partial charge is 0.487 e. The van der Waals surface area contributed by atoms with Crippen molar-refractivity contribution in [1.82, 2.24) is 0 Å². The monoisotopic (exact) mass is 255 g/mol. The number of carboxylic acids is 1. The number of carbonyl (C=O) groups is 1. The number of nitro benzene ring substituents is 1. The van der Waals surface area contributed by atoms with Crippen LogP contribution >= 0.6 is 0 Å². The van der Waals surface area contributed by atoms with Crippen molar-refractivity contribution in [2.45, 2.75) is 13.3 Å². The molecule has 1 aromatic rings. The highest BCUT2D eigenvalue weighted by Gasteiger charge is 2.16. The number of ether oxygens (including phenoxy) is 2. The number of hydrogen-bond donors (Lipinski definition) is 1. The highest BCUT2D eigenvalue weighted by molar-refractivity contribution is 5.68. The molecule has 0 saturated heterocycles. The number of benzene rings is 1. The summed E-state index contributed by atoms with van der Waals surface area (Å²) >= 11 is 0. The molecule has 0 aliphatic carbocycles. The van der Waals surface area contributed by atoms with Gasteiger partial charge >= 0.3 is 11.7 Å². The fourth-order valence-corrected chi connectivity index (χ4v) is 1.21. The van der Waals surface area contributed by atoms with Gasteiger partial charge in [0.15, 0.2) is 6.61 Å². The van der Waals surface area contributed by atoms with E-state index in [4.69, 9.17) is 14.6 Å². The van der Waals surface area contributed by atoms with Gasteiger partial charge in [0, 0.05) is 12.1 Å². The van der Waals surface area contributed by atoms with Gasteiger partial charge in [-0.05, 0) is 12.5 Å². The van der Waals surface area contributed by atoms with Gasteiger partial charge in [-0.1, -0.05) is 6.92 Å². The van der Waals surface area contributed by atoms with Gasteiger partial charge in [-0.3, -0.25) is 10.1 Å². The molecule has 0 spiro atoms. The van der Waals surface area contributed by atoms with E-state index in [0.29, 0.717) is 13.0 Å². The Kier molecular flexibility index (Phi) is 4.91. The zero-order chi connectivity index (χ0) is 13.5. The molecule has 0 bridgehead atoms. The maximum atomic E-state index is 10.8. The van der Waals surface area contributed by atoms with Crippen LogP contribution in [0.1, 0.15) is 13.3 Å². The summed E-state index contributed by atoms with van der Waals surface area (Å²) in [5.74, 6) is -0.830. The van der Waals surface area contributed by atoms with Crippen LogP contribution in [0.25, 0.3) is 0 Å². The molecular weight excluding hydrogens is 242 g/mol. The van der Waals surface area contributed by atoms with Gasteiger partial charge < -0.3 is 14.6 Å². The van der Waals surface area contributed by atoms with Crippen LogP contribution in [0.15, 0.2) is 18.2 Å². The van der Waals surface area contributed by atoms with Crippen molar-refractivity contribution < 1.29 is 24.3 Å². The number of carboxylic acid groups (broad SMARTS) is 1. The minimum Gasteiger partial charge on any atom is -0.487 e. The Morgan fingerprint density at radius 3 is 2.72 bits per heavy atom. The summed E-state index contributed by atoms with van der Waals surface area (Å²) in [7, 11) is 0. The molecule has 0 atom stereocenters. The van der Waals surface area contributed by atoms with Crippen LogP contribution in [-0.2, 0) is 4.79 Å². The fourth-order valence-electron chi connectivity index (χ4n) is 1.21. The molecule has 98 valence electrons. The quantitative estimate of drug-likeness (QED) is 0.589. The maximum Gasteiger partial charge on any atom is 0.341 e. The second-order valence-electron chi connectivity index (χ2n) is 3.42. The van der Waals surface area contributed by atoms with E-state index in [1.54, 1.807) is 0 Å². The molecule has 0 amide bonds. The molecule has 7 nitrogen and oxygen atoms in total. The van der Waals surface area contributed by atoms with E-state index in [2.05, 4.69) is 0 Å². The van der Waals surface area contributed by atoms with Gasteiger partial charge in [0.1, 0.15) is 5.75 Å². The molecule has 0 radical (unpaired) electrons. The molecule has 0 saturated carbocycles. The zero-order valence-corrected chi connectivity index (χ0v) is 9.79. The van der Waals surface area contributed by atoms with Gasteiger partial charge in [0.2, 0.25) is 5.75 Å². The third-order valence-electron chi connectivity index (χ3n) is 1.95. The zero-order valence-electron chi connectivity index (χ0n) is 9.79. The van der Waals surface area contributed by atoms with Crippen LogP contribution in [0.3, 0.4) is 0 Å². The van der Waals surface area contributed by atoms with Crippen LogP contribution in [0.5, 0.6) is 11.5 Å². The minimum atomic E-state index is -1.12. The Bertz CT molecular complexity index is 445. The first-order valence-electron chi connectivity index (χ1n) is 5.30. The molecule has 0 fully saturated rings. The topological polar surface area (TPSA) is 98.9 Å². The van der Waals surface area contributed by atoms with Gasteiger partial charge in [-0.15, -0.1) is 0 Å².